The third-order valence-corrected chi connectivity index (χ3v) is 6.70. The van der Waals surface area contributed by atoms with E-state index in [9.17, 15) is 14.0 Å². The largest absolute Gasteiger partial charge is 0.491 e. The Balaban J connectivity index is 1.29. The molecule has 5 rings (SSSR count). The molecular weight excluding hydrogens is 411 g/mol. The first-order valence-corrected chi connectivity index (χ1v) is 11.4. The molecule has 2 atom stereocenters. The second kappa shape index (κ2) is 8.54. The van der Waals surface area contributed by atoms with Gasteiger partial charge < -0.3 is 14.9 Å². The molecule has 6 nitrogen and oxygen atoms in total. The quantitative estimate of drug-likeness (QED) is 0.688. The van der Waals surface area contributed by atoms with Gasteiger partial charge in [-0.15, -0.1) is 0 Å². The smallest absolute Gasteiger partial charge is 0.284 e. The third-order valence-electron chi connectivity index (χ3n) is 6.70. The lowest BCUT2D eigenvalue weighted by Crippen LogP contribution is -2.51. The number of primary amides is 1. The van der Waals surface area contributed by atoms with E-state index >= 15 is 0 Å². The Morgan fingerprint density at radius 1 is 1.19 bits per heavy atom. The summed E-state index contributed by atoms with van der Waals surface area (Å²) >= 11 is 0. The molecule has 1 aromatic carbocycles. The van der Waals surface area contributed by atoms with Crippen LogP contribution in [0.3, 0.4) is 0 Å². The molecule has 1 aliphatic heterocycles. The number of amides is 1. The minimum absolute atomic E-state index is 0.0111. The van der Waals surface area contributed by atoms with Gasteiger partial charge in [-0.3, -0.25) is 14.9 Å². The predicted molar refractivity (Wildman–Crippen MR) is 117 cm³/mol. The van der Waals surface area contributed by atoms with Crippen LogP contribution in [0.15, 0.2) is 46.1 Å². The predicted octanol–water partition coefficient (Wildman–Crippen LogP) is 4.60. The number of fused-ring (bicyclic) bond motifs is 1. The minimum atomic E-state index is -0.710. The fraction of sp³-hybridized carbons (Fsp3) is 0.440. The summed E-state index contributed by atoms with van der Waals surface area (Å²) < 4.78 is 25.5. The van der Waals surface area contributed by atoms with Crippen LogP contribution in [-0.4, -0.2) is 23.8 Å². The highest BCUT2D eigenvalue weighted by Crippen LogP contribution is 2.39. The van der Waals surface area contributed by atoms with Gasteiger partial charge in [-0.25, -0.2) is 4.39 Å². The van der Waals surface area contributed by atoms with E-state index in [1.807, 2.05) is 6.08 Å². The van der Waals surface area contributed by atoms with E-state index < -0.39 is 11.7 Å². The maximum Gasteiger partial charge on any atom is 0.284 e. The average Bonchev–Trinajstić information content (AvgIpc) is 3.12. The molecule has 0 spiro atoms. The van der Waals surface area contributed by atoms with Gasteiger partial charge in [-0.05, 0) is 75.3 Å². The molecule has 2 aromatic rings. The second-order valence-electron chi connectivity index (χ2n) is 8.91. The van der Waals surface area contributed by atoms with Gasteiger partial charge in [0.2, 0.25) is 0 Å². The first-order valence-electron chi connectivity index (χ1n) is 11.4. The van der Waals surface area contributed by atoms with Gasteiger partial charge in [-0.2, -0.15) is 0 Å². The number of benzene rings is 1. The molecule has 0 radical (unpaired) electrons. The molecule has 2 aliphatic carbocycles. The lowest BCUT2D eigenvalue weighted by Gasteiger charge is -2.37. The summed E-state index contributed by atoms with van der Waals surface area (Å²) in [6, 6.07) is 3.43. The molecule has 168 valence electrons. The fourth-order valence-corrected chi connectivity index (χ4v) is 5.00. The van der Waals surface area contributed by atoms with E-state index in [2.05, 4.69) is 11.4 Å². The number of allylic oxidation sites excluding steroid dienone is 2. The van der Waals surface area contributed by atoms with Crippen LogP contribution in [0.1, 0.15) is 73.5 Å². The number of rotatable bonds is 6. The van der Waals surface area contributed by atoms with E-state index in [0.29, 0.717) is 29.4 Å². The zero-order valence-electron chi connectivity index (χ0n) is 17.9. The Morgan fingerprint density at radius 3 is 2.72 bits per heavy atom. The molecule has 3 N–H and O–H groups in total. The van der Waals surface area contributed by atoms with E-state index in [0.717, 1.165) is 30.6 Å². The molecule has 7 heteroatoms. The van der Waals surface area contributed by atoms with Crippen molar-refractivity contribution in [1.82, 2.24) is 5.32 Å². The van der Waals surface area contributed by atoms with Crippen molar-refractivity contribution in [1.29, 1.82) is 0 Å². The Kier molecular flexibility index (Phi) is 5.59. The molecule has 2 heterocycles. The summed E-state index contributed by atoms with van der Waals surface area (Å²) in [6.07, 6.45) is 12.0. The number of nitrogens with one attached hydrogen (secondary N) is 1. The Labute approximate surface area is 185 Å². The van der Waals surface area contributed by atoms with Crippen LogP contribution in [-0.2, 0) is 9.53 Å². The highest BCUT2D eigenvalue weighted by Gasteiger charge is 2.40. The van der Waals surface area contributed by atoms with Crippen LogP contribution < -0.4 is 11.1 Å². The highest BCUT2D eigenvalue weighted by molar-refractivity contribution is 6.02. The van der Waals surface area contributed by atoms with Crippen LogP contribution in [0.25, 0.3) is 11.0 Å². The molecule has 1 amide bonds. The number of halogens is 1. The monoisotopic (exact) mass is 438 g/mol. The first kappa shape index (κ1) is 20.9. The van der Waals surface area contributed by atoms with Gasteiger partial charge in [0.15, 0.2) is 11.5 Å². The van der Waals surface area contributed by atoms with Crippen molar-refractivity contribution in [3.8, 4) is 0 Å². The summed E-state index contributed by atoms with van der Waals surface area (Å²) in [5.74, 6) is -0.282. The molecule has 3 aliphatic rings. The van der Waals surface area contributed by atoms with Crippen LogP contribution >= 0.6 is 0 Å². The van der Waals surface area contributed by atoms with Crippen LogP contribution in [0.5, 0.6) is 0 Å². The SMILES string of the molecule is NC(=O)c1oc2ccc(F)cc2c1C1CC(C(=O)C2=CC(OC3CCCCC3)=CCC2)N1. The number of carbonyl (C=O) groups is 2. The topological polar surface area (TPSA) is 94.6 Å². The zero-order valence-corrected chi connectivity index (χ0v) is 17.9. The number of carbonyl (C=O) groups excluding carboxylic acids is 2. The molecular formula is C25H27FN2O4. The number of nitrogens with two attached hydrogens (primary N) is 1. The van der Waals surface area contributed by atoms with E-state index in [1.165, 1.54) is 37.5 Å². The van der Waals surface area contributed by atoms with Gasteiger partial charge >= 0.3 is 0 Å². The number of hydrogen-bond donors (Lipinski definition) is 2. The summed E-state index contributed by atoms with van der Waals surface area (Å²) in [5, 5.41) is 3.75. The van der Waals surface area contributed by atoms with Crippen molar-refractivity contribution in [3.05, 3.63) is 58.8 Å². The van der Waals surface area contributed by atoms with Crippen molar-refractivity contribution in [2.24, 2.45) is 5.73 Å². The Morgan fingerprint density at radius 2 is 1.97 bits per heavy atom. The van der Waals surface area contributed by atoms with Gasteiger partial charge in [0.05, 0.1) is 12.1 Å². The molecule has 2 unspecified atom stereocenters. The maximum atomic E-state index is 13.8. The van der Waals surface area contributed by atoms with Crippen molar-refractivity contribution in [2.45, 2.75) is 69.6 Å². The van der Waals surface area contributed by atoms with Crippen molar-refractivity contribution in [2.75, 3.05) is 0 Å². The number of ether oxygens (including phenoxy) is 1. The molecule has 1 aromatic heterocycles. The lowest BCUT2D eigenvalue weighted by atomic mass is 9.83. The summed E-state index contributed by atoms with van der Waals surface area (Å²) in [7, 11) is 0. The Hall–Kier alpha value is -2.93. The van der Waals surface area contributed by atoms with Crippen LogP contribution in [0.4, 0.5) is 4.39 Å². The van der Waals surface area contributed by atoms with E-state index in [4.69, 9.17) is 14.9 Å². The van der Waals surface area contributed by atoms with E-state index in [1.54, 1.807) is 0 Å². The van der Waals surface area contributed by atoms with Crippen molar-refractivity contribution >= 4 is 22.7 Å². The van der Waals surface area contributed by atoms with Gasteiger partial charge in [0.25, 0.3) is 5.91 Å². The third kappa shape index (κ3) is 3.97. The van der Waals surface area contributed by atoms with Gasteiger partial charge in [0, 0.05) is 22.6 Å². The first-order chi connectivity index (χ1) is 15.5. The van der Waals surface area contributed by atoms with Gasteiger partial charge in [-0.1, -0.05) is 6.42 Å². The van der Waals surface area contributed by atoms with Crippen molar-refractivity contribution < 1.29 is 23.1 Å². The minimum Gasteiger partial charge on any atom is -0.491 e. The second-order valence-corrected chi connectivity index (χ2v) is 8.91. The Bertz CT molecular complexity index is 1120. The maximum absolute atomic E-state index is 13.8. The van der Waals surface area contributed by atoms with Crippen LogP contribution in [0.2, 0.25) is 0 Å². The lowest BCUT2D eigenvalue weighted by molar-refractivity contribution is -0.120. The number of furan rings is 1. The fourth-order valence-electron chi connectivity index (χ4n) is 5.00. The van der Waals surface area contributed by atoms with Crippen LogP contribution in [0, 0.1) is 5.82 Å². The normalized spacial score (nSPS) is 23.9. The summed E-state index contributed by atoms with van der Waals surface area (Å²) in [5.41, 5.74) is 7.17. The molecule has 1 saturated carbocycles. The highest BCUT2D eigenvalue weighted by atomic mass is 19.1. The standard InChI is InChI=1S/C25H27FN2O4/c26-15-9-10-21-18(12-15)22(24(32-21)25(27)30)19-13-20(28-19)23(29)14-5-4-8-17(11-14)31-16-6-2-1-3-7-16/h8-12,16,19-20,28H,1-7,13H2,(H2,27,30). The van der Waals surface area contributed by atoms with Gasteiger partial charge in [0.1, 0.15) is 17.2 Å². The number of ketones is 1. The molecule has 32 heavy (non-hydrogen) atoms. The molecule has 2 fully saturated rings. The van der Waals surface area contributed by atoms with Crippen molar-refractivity contribution in [3.63, 3.8) is 0 Å². The average molecular weight is 438 g/mol. The number of Topliss-reactive ketones (excluding diaryl/α,β-unsaturated/α-hetero) is 1. The summed E-state index contributed by atoms with van der Waals surface area (Å²) in [6.45, 7) is 0. The number of hydrogen-bond acceptors (Lipinski definition) is 5. The van der Waals surface area contributed by atoms with E-state index in [-0.39, 0.29) is 29.7 Å². The zero-order chi connectivity index (χ0) is 22.2. The summed E-state index contributed by atoms with van der Waals surface area (Å²) in [4.78, 5) is 25.0. The molecule has 0 bridgehead atoms. The molecule has 1 saturated heterocycles.